The van der Waals surface area contributed by atoms with E-state index in [0.717, 1.165) is 4.68 Å². The first-order chi connectivity index (χ1) is 5.95. The molecule has 0 fully saturated rings. The minimum atomic E-state index is -4.46. The van der Waals surface area contributed by atoms with Crippen LogP contribution in [0.5, 0.6) is 0 Å². The molecule has 0 unspecified atom stereocenters. The maximum Gasteiger partial charge on any atom is 0.436 e. The number of rotatable bonds is 2. The lowest BCUT2D eigenvalue weighted by Gasteiger charge is -2.01. The fourth-order valence-electron chi connectivity index (χ4n) is 0.790. The maximum atomic E-state index is 12.1. The Kier molecular flexibility index (Phi) is 3.14. The number of halogens is 5. The molecule has 74 valence electrons. The van der Waals surface area contributed by atoms with E-state index in [4.69, 9.17) is 0 Å². The summed E-state index contributed by atoms with van der Waals surface area (Å²) in [5.74, 6) is 0. The van der Waals surface area contributed by atoms with Gasteiger partial charge in [-0.3, -0.25) is 4.68 Å². The summed E-state index contributed by atoms with van der Waals surface area (Å²) in [7, 11) is 0. The molecule has 0 amide bonds. The Bertz CT molecular complexity index is 293. The van der Waals surface area contributed by atoms with Crippen molar-refractivity contribution >= 4 is 22.6 Å². The molecule has 1 aromatic rings. The van der Waals surface area contributed by atoms with Gasteiger partial charge in [-0.05, 0) is 22.6 Å². The fraction of sp³-hybridized carbons (Fsp3) is 0.500. The molecule has 1 rings (SSSR count). The van der Waals surface area contributed by atoms with Crippen LogP contribution in [0.1, 0.15) is 5.69 Å². The van der Waals surface area contributed by atoms with Crippen molar-refractivity contribution in [1.82, 2.24) is 9.78 Å². The van der Waals surface area contributed by atoms with E-state index < -0.39 is 18.5 Å². The van der Waals surface area contributed by atoms with Gasteiger partial charge >= 0.3 is 6.18 Å². The molecule has 2 nitrogen and oxygen atoms in total. The molecule has 0 aromatic carbocycles. The summed E-state index contributed by atoms with van der Waals surface area (Å²) in [6.45, 7) is -0.874. The first-order valence-electron chi connectivity index (χ1n) is 3.31. The molecule has 7 heteroatoms. The summed E-state index contributed by atoms with van der Waals surface area (Å²) in [6, 6.07) is 0. The maximum absolute atomic E-state index is 12.1. The number of alkyl halides is 4. The van der Waals surface area contributed by atoms with Crippen LogP contribution in [0.3, 0.4) is 0 Å². The van der Waals surface area contributed by atoms with Crippen LogP contribution in [0, 0.1) is 3.57 Å². The number of aromatic nitrogens is 2. The summed E-state index contributed by atoms with van der Waals surface area (Å²) in [5, 5.41) is 3.21. The van der Waals surface area contributed by atoms with E-state index in [1.54, 1.807) is 0 Å². The molecule has 0 saturated carbocycles. The van der Waals surface area contributed by atoms with Gasteiger partial charge in [-0.25, -0.2) is 4.39 Å². The summed E-state index contributed by atoms with van der Waals surface area (Å²) in [4.78, 5) is 0. The lowest BCUT2D eigenvalue weighted by atomic mass is 10.4. The van der Waals surface area contributed by atoms with E-state index in [1.165, 1.54) is 28.8 Å². The summed E-state index contributed by atoms with van der Waals surface area (Å²) in [5.41, 5.74) is -0.957. The predicted octanol–water partition coefficient (Wildman–Crippen LogP) is 2.48. The smallest absolute Gasteiger partial charge is 0.268 e. The lowest BCUT2D eigenvalue weighted by Crippen LogP contribution is -2.09. The third-order valence-electron chi connectivity index (χ3n) is 1.30. The van der Waals surface area contributed by atoms with Crippen LogP contribution in [-0.4, -0.2) is 16.5 Å². The molecule has 0 aliphatic carbocycles. The Morgan fingerprint density at radius 3 is 2.46 bits per heavy atom. The second-order valence-electron chi connectivity index (χ2n) is 2.28. The third-order valence-corrected chi connectivity index (χ3v) is 2.09. The minimum absolute atomic E-state index is 0.0152. The van der Waals surface area contributed by atoms with Crippen molar-refractivity contribution in [3.05, 3.63) is 15.5 Å². The zero-order valence-corrected chi connectivity index (χ0v) is 8.43. The topological polar surface area (TPSA) is 17.8 Å². The highest BCUT2D eigenvalue weighted by molar-refractivity contribution is 14.1. The van der Waals surface area contributed by atoms with Crippen molar-refractivity contribution < 1.29 is 17.6 Å². The number of hydrogen-bond donors (Lipinski definition) is 0. The summed E-state index contributed by atoms with van der Waals surface area (Å²) >= 11 is 1.52. The van der Waals surface area contributed by atoms with E-state index in [1.807, 2.05) is 0 Å². The van der Waals surface area contributed by atoms with Gasteiger partial charge in [0.1, 0.15) is 6.67 Å². The Hall–Kier alpha value is -0.340. The Balaban J connectivity index is 2.96. The summed E-state index contributed by atoms with van der Waals surface area (Å²) in [6.07, 6.45) is -3.29. The highest BCUT2D eigenvalue weighted by Gasteiger charge is 2.36. The van der Waals surface area contributed by atoms with E-state index in [-0.39, 0.29) is 10.1 Å². The quantitative estimate of drug-likeness (QED) is 0.606. The monoisotopic (exact) mass is 308 g/mol. The van der Waals surface area contributed by atoms with Gasteiger partial charge in [-0.2, -0.15) is 18.3 Å². The highest BCUT2D eigenvalue weighted by atomic mass is 127. The van der Waals surface area contributed by atoms with Gasteiger partial charge in [-0.1, -0.05) is 0 Å². The molecule has 0 bridgehead atoms. The molecule has 0 aliphatic heterocycles. The Morgan fingerprint density at radius 2 is 2.08 bits per heavy atom. The molecule has 1 aromatic heterocycles. The largest absolute Gasteiger partial charge is 0.436 e. The van der Waals surface area contributed by atoms with E-state index in [0.29, 0.717) is 0 Å². The molecule has 0 aliphatic rings. The Labute approximate surface area is 85.1 Å². The standard InChI is InChI=1S/C6H5F4IN2/c7-1-2-13-3-4(11)5(12-13)6(8,9)10/h3H,1-2H2. The van der Waals surface area contributed by atoms with Gasteiger partial charge < -0.3 is 0 Å². The van der Waals surface area contributed by atoms with Crippen LogP contribution in [-0.2, 0) is 12.7 Å². The third kappa shape index (κ3) is 2.55. The van der Waals surface area contributed by atoms with Gasteiger partial charge in [0.05, 0.1) is 10.1 Å². The second kappa shape index (κ2) is 3.81. The van der Waals surface area contributed by atoms with Crippen molar-refractivity contribution in [2.45, 2.75) is 12.7 Å². The van der Waals surface area contributed by atoms with Crippen LogP contribution < -0.4 is 0 Å². The molecule has 13 heavy (non-hydrogen) atoms. The predicted molar refractivity (Wildman–Crippen MR) is 45.9 cm³/mol. The van der Waals surface area contributed by atoms with E-state index in [9.17, 15) is 17.6 Å². The zero-order chi connectivity index (χ0) is 10.1. The Morgan fingerprint density at radius 1 is 1.46 bits per heavy atom. The van der Waals surface area contributed by atoms with Gasteiger partial charge in [0, 0.05) is 6.20 Å². The van der Waals surface area contributed by atoms with Gasteiger partial charge in [0.2, 0.25) is 0 Å². The van der Waals surface area contributed by atoms with Crippen molar-refractivity contribution in [2.75, 3.05) is 6.67 Å². The van der Waals surface area contributed by atoms with E-state index >= 15 is 0 Å². The van der Waals surface area contributed by atoms with Crippen molar-refractivity contribution in [3.63, 3.8) is 0 Å². The summed E-state index contributed by atoms with van der Waals surface area (Å²) < 4.78 is 49.1. The normalized spacial score (nSPS) is 12.1. The van der Waals surface area contributed by atoms with Crippen LogP contribution in [0.4, 0.5) is 17.6 Å². The molecule has 1 heterocycles. The average molecular weight is 308 g/mol. The van der Waals surface area contributed by atoms with Crippen LogP contribution >= 0.6 is 22.6 Å². The number of aryl methyl sites for hydroxylation is 1. The zero-order valence-electron chi connectivity index (χ0n) is 6.28. The van der Waals surface area contributed by atoms with Gasteiger partial charge in [0.15, 0.2) is 5.69 Å². The first-order valence-corrected chi connectivity index (χ1v) is 4.39. The highest BCUT2D eigenvalue weighted by Crippen LogP contribution is 2.31. The minimum Gasteiger partial charge on any atom is -0.268 e. The number of hydrogen-bond acceptors (Lipinski definition) is 1. The molecular formula is C6H5F4IN2. The lowest BCUT2D eigenvalue weighted by molar-refractivity contribution is -0.142. The molecule has 0 spiro atoms. The van der Waals surface area contributed by atoms with Crippen molar-refractivity contribution in [3.8, 4) is 0 Å². The SMILES string of the molecule is FCCn1cc(I)c(C(F)(F)F)n1. The molecule has 0 radical (unpaired) electrons. The van der Waals surface area contributed by atoms with Crippen LogP contribution in [0.25, 0.3) is 0 Å². The van der Waals surface area contributed by atoms with Crippen LogP contribution in [0.15, 0.2) is 6.20 Å². The van der Waals surface area contributed by atoms with Crippen LogP contribution in [0.2, 0.25) is 0 Å². The van der Waals surface area contributed by atoms with Crippen molar-refractivity contribution in [1.29, 1.82) is 0 Å². The second-order valence-corrected chi connectivity index (χ2v) is 3.44. The van der Waals surface area contributed by atoms with Gasteiger partial charge in [-0.15, -0.1) is 0 Å². The first kappa shape index (κ1) is 10.7. The molecule has 0 saturated heterocycles. The molecular weight excluding hydrogens is 303 g/mol. The average Bonchev–Trinajstić information content (AvgIpc) is 2.30. The molecule has 0 atom stereocenters. The van der Waals surface area contributed by atoms with Crippen molar-refractivity contribution in [2.24, 2.45) is 0 Å². The van der Waals surface area contributed by atoms with E-state index in [2.05, 4.69) is 5.10 Å². The fourth-order valence-corrected chi connectivity index (χ4v) is 1.53. The number of nitrogens with zero attached hydrogens (tertiary/aromatic N) is 2. The molecule has 0 N–H and O–H groups in total. The van der Waals surface area contributed by atoms with Gasteiger partial charge in [0.25, 0.3) is 0 Å².